The quantitative estimate of drug-likeness (QED) is 0.751. The van der Waals surface area contributed by atoms with Gasteiger partial charge in [0.2, 0.25) is 5.91 Å². The Hall–Kier alpha value is -2.40. The molecule has 1 amide bonds. The fraction of sp³-hybridized carbons (Fsp3) is 0.500. The minimum absolute atomic E-state index is 0.00578. The largest absolute Gasteiger partial charge is 0.337 e. The molecular weight excluding hydrogens is 348 g/mol. The molecule has 2 unspecified atom stereocenters. The van der Waals surface area contributed by atoms with Gasteiger partial charge in [-0.3, -0.25) is 9.78 Å². The lowest BCUT2D eigenvalue weighted by molar-refractivity contribution is -0.121. The topological polar surface area (TPSA) is 96.5 Å². The van der Waals surface area contributed by atoms with Crippen LogP contribution in [0, 0.1) is 17.2 Å². The number of hydrogen-bond acceptors (Lipinski definition) is 6. The number of amides is 1. The van der Waals surface area contributed by atoms with Crippen LogP contribution in [0.3, 0.4) is 0 Å². The molecule has 2 heterocycles. The van der Waals surface area contributed by atoms with Crippen LogP contribution in [0.5, 0.6) is 0 Å². The summed E-state index contributed by atoms with van der Waals surface area (Å²) in [5.74, 6) is 0.559. The summed E-state index contributed by atoms with van der Waals surface area (Å²) in [7, 11) is 0. The van der Waals surface area contributed by atoms with E-state index in [4.69, 9.17) is 0 Å². The van der Waals surface area contributed by atoms with Crippen LogP contribution in [0.25, 0.3) is 11.4 Å². The standard InChI is InChI=1S/C18H24N6OS/c1-6-24-15(14-7-9-20-10-8-14)22-23-17(24)26-13(4)16(25)21-18(5,11-19)12(2)3/h7-10,12-13H,6H2,1-5H3,(H,21,25). The molecule has 0 aliphatic carbocycles. The molecule has 0 radical (unpaired) electrons. The smallest absolute Gasteiger partial charge is 0.234 e. The van der Waals surface area contributed by atoms with Crippen molar-refractivity contribution in [2.75, 3.05) is 0 Å². The molecule has 0 fully saturated rings. The number of thioether (sulfide) groups is 1. The lowest BCUT2D eigenvalue weighted by atomic mass is 9.90. The Balaban J connectivity index is 2.17. The number of hydrogen-bond donors (Lipinski definition) is 1. The average molecular weight is 372 g/mol. The molecule has 2 aromatic rings. The summed E-state index contributed by atoms with van der Waals surface area (Å²) in [5.41, 5.74) is 0.0298. The van der Waals surface area contributed by atoms with Crippen LogP contribution in [-0.2, 0) is 11.3 Å². The third-order valence-corrected chi connectivity index (χ3v) is 5.47. The molecule has 0 aromatic carbocycles. The fourth-order valence-electron chi connectivity index (χ4n) is 2.25. The highest BCUT2D eigenvalue weighted by atomic mass is 32.2. The van der Waals surface area contributed by atoms with Crippen LogP contribution in [0.2, 0.25) is 0 Å². The van der Waals surface area contributed by atoms with E-state index in [1.807, 2.05) is 37.5 Å². The molecule has 0 aliphatic heterocycles. The number of nitriles is 1. The van der Waals surface area contributed by atoms with E-state index in [1.54, 1.807) is 26.2 Å². The lowest BCUT2D eigenvalue weighted by Gasteiger charge is -2.28. The molecule has 0 saturated carbocycles. The first-order valence-electron chi connectivity index (χ1n) is 8.56. The third kappa shape index (κ3) is 4.22. The number of nitrogens with zero attached hydrogens (tertiary/aromatic N) is 5. The van der Waals surface area contributed by atoms with Gasteiger partial charge in [0.1, 0.15) is 5.54 Å². The van der Waals surface area contributed by atoms with E-state index < -0.39 is 10.8 Å². The summed E-state index contributed by atoms with van der Waals surface area (Å²) in [6.07, 6.45) is 3.42. The summed E-state index contributed by atoms with van der Waals surface area (Å²) in [5, 5.41) is 21.0. The Bertz CT molecular complexity index is 798. The summed E-state index contributed by atoms with van der Waals surface area (Å²) in [6.45, 7) is 10.1. The molecule has 2 aromatic heterocycles. The SMILES string of the molecule is CCn1c(SC(C)C(=O)NC(C)(C#N)C(C)C)nnc1-c1ccncc1. The van der Waals surface area contributed by atoms with Gasteiger partial charge in [0, 0.05) is 24.5 Å². The number of carbonyl (C=O) groups is 1. The molecule has 0 aliphatic rings. The monoisotopic (exact) mass is 372 g/mol. The summed E-state index contributed by atoms with van der Waals surface area (Å²) < 4.78 is 1.97. The molecule has 2 rings (SSSR count). The Morgan fingerprint density at radius 2 is 2.00 bits per heavy atom. The van der Waals surface area contributed by atoms with Crippen molar-refractivity contribution in [1.82, 2.24) is 25.1 Å². The molecule has 26 heavy (non-hydrogen) atoms. The van der Waals surface area contributed by atoms with Crippen molar-refractivity contribution in [1.29, 1.82) is 5.26 Å². The van der Waals surface area contributed by atoms with E-state index in [2.05, 4.69) is 26.6 Å². The average Bonchev–Trinajstić information content (AvgIpc) is 3.04. The van der Waals surface area contributed by atoms with E-state index in [9.17, 15) is 10.1 Å². The molecule has 0 spiro atoms. The molecular formula is C18H24N6OS. The highest BCUT2D eigenvalue weighted by Crippen LogP contribution is 2.27. The summed E-state index contributed by atoms with van der Waals surface area (Å²) in [6, 6.07) is 5.95. The maximum atomic E-state index is 12.6. The Kier molecular flexibility index (Phi) is 6.37. The highest BCUT2D eigenvalue weighted by Gasteiger charge is 2.32. The van der Waals surface area contributed by atoms with E-state index in [-0.39, 0.29) is 11.8 Å². The summed E-state index contributed by atoms with van der Waals surface area (Å²) in [4.78, 5) is 16.6. The van der Waals surface area contributed by atoms with E-state index in [0.717, 1.165) is 11.4 Å². The first-order chi connectivity index (χ1) is 12.3. The maximum absolute atomic E-state index is 12.6. The van der Waals surface area contributed by atoms with Gasteiger partial charge in [0.15, 0.2) is 11.0 Å². The Morgan fingerprint density at radius 1 is 1.35 bits per heavy atom. The lowest BCUT2D eigenvalue weighted by Crippen LogP contribution is -2.51. The van der Waals surface area contributed by atoms with Crippen molar-refractivity contribution >= 4 is 17.7 Å². The normalized spacial score (nSPS) is 14.5. The maximum Gasteiger partial charge on any atom is 0.234 e. The first-order valence-corrected chi connectivity index (χ1v) is 9.43. The molecule has 0 saturated heterocycles. The van der Waals surface area contributed by atoms with Crippen LogP contribution >= 0.6 is 11.8 Å². The second kappa shape index (κ2) is 8.32. The molecule has 138 valence electrons. The van der Waals surface area contributed by atoms with Gasteiger partial charge in [-0.25, -0.2) is 0 Å². The molecule has 0 bridgehead atoms. The van der Waals surface area contributed by atoms with Crippen molar-refractivity contribution in [2.45, 2.75) is 57.1 Å². The fourth-order valence-corrected chi connectivity index (χ4v) is 3.16. The minimum atomic E-state index is -0.896. The third-order valence-electron chi connectivity index (χ3n) is 4.39. The predicted octanol–water partition coefficient (Wildman–Crippen LogP) is 2.90. The van der Waals surface area contributed by atoms with E-state index >= 15 is 0 Å². The number of rotatable bonds is 7. The zero-order valence-corrected chi connectivity index (χ0v) is 16.5. The zero-order valence-electron chi connectivity index (χ0n) is 15.7. The van der Waals surface area contributed by atoms with Crippen LogP contribution < -0.4 is 5.32 Å². The molecule has 1 N–H and O–H groups in total. The number of aromatic nitrogens is 4. The Labute approximate surface area is 158 Å². The van der Waals surface area contributed by atoms with E-state index in [1.165, 1.54) is 11.8 Å². The van der Waals surface area contributed by atoms with Gasteiger partial charge >= 0.3 is 0 Å². The van der Waals surface area contributed by atoms with Crippen molar-refractivity contribution in [2.24, 2.45) is 5.92 Å². The van der Waals surface area contributed by atoms with Gasteiger partial charge in [0.05, 0.1) is 11.3 Å². The van der Waals surface area contributed by atoms with Crippen molar-refractivity contribution in [3.05, 3.63) is 24.5 Å². The Morgan fingerprint density at radius 3 is 2.54 bits per heavy atom. The van der Waals surface area contributed by atoms with Crippen LogP contribution in [0.15, 0.2) is 29.7 Å². The van der Waals surface area contributed by atoms with Crippen molar-refractivity contribution in [3.63, 3.8) is 0 Å². The van der Waals surface area contributed by atoms with Gasteiger partial charge in [-0.1, -0.05) is 25.6 Å². The van der Waals surface area contributed by atoms with Gasteiger partial charge in [-0.05, 0) is 38.8 Å². The van der Waals surface area contributed by atoms with Crippen LogP contribution in [-0.4, -0.2) is 36.4 Å². The second-order valence-corrected chi connectivity index (χ2v) is 7.81. The number of pyridine rings is 1. The molecule has 7 nitrogen and oxygen atoms in total. The predicted molar refractivity (Wildman–Crippen MR) is 101 cm³/mol. The molecule has 2 atom stereocenters. The summed E-state index contributed by atoms with van der Waals surface area (Å²) >= 11 is 1.33. The van der Waals surface area contributed by atoms with Gasteiger partial charge < -0.3 is 9.88 Å². The highest BCUT2D eigenvalue weighted by molar-refractivity contribution is 8.00. The van der Waals surface area contributed by atoms with Gasteiger partial charge in [-0.2, -0.15) is 5.26 Å². The van der Waals surface area contributed by atoms with Gasteiger partial charge in [-0.15, -0.1) is 10.2 Å². The first kappa shape index (κ1) is 19.9. The van der Waals surface area contributed by atoms with Crippen molar-refractivity contribution in [3.8, 4) is 17.5 Å². The minimum Gasteiger partial charge on any atom is -0.337 e. The zero-order chi connectivity index (χ0) is 19.3. The molecule has 8 heteroatoms. The van der Waals surface area contributed by atoms with Gasteiger partial charge in [0.25, 0.3) is 0 Å². The number of carbonyl (C=O) groups excluding carboxylic acids is 1. The van der Waals surface area contributed by atoms with Crippen LogP contribution in [0.1, 0.15) is 34.6 Å². The van der Waals surface area contributed by atoms with E-state index in [0.29, 0.717) is 11.7 Å². The second-order valence-electron chi connectivity index (χ2n) is 6.50. The van der Waals surface area contributed by atoms with Crippen LogP contribution in [0.4, 0.5) is 0 Å². The van der Waals surface area contributed by atoms with Crippen molar-refractivity contribution < 1.29 is 4.79 Å². The number of nitrogens with one attached hydrogen (secondary N) is 1.